The van der Waals surface area contributed by atoms with E-state index in [2.05, 4.69) is 5.10 Å². The predicted molar refractivity (Wildman–Crippen MR) is 77.3 cm³/mol. The van der Waals surface area contributed by atoms with E-state index >= 15 is 0 Å². The highest BCUT2D eigenvalue weighted by Gasteiger charge is 2.17. The summed E-state index contributed by atoms with van der Waals surface area (Å²) in [6.07, 6.45) is 2.09. The summed E-state index contributed by atoms with van der Waals surface area (Å²) in [5.41, 5.74) is 0.954. The smallest absolute Gasteiger partial charge is 0.338 e. The van der Waals surface area contributed by atoms with Gasteiger partial charge in [-0.2, -0.15) is 0 Å². The molecule has 0 spiro atoms. The van der Waals surface area contributed by atoms with Crippen LogP contribution in [0.1, 0.15) is 29.3 Å². The molecular weight excluding hydrogens is 288 g/mol. The van der Waals surface area contributed by atoms with Gasteiger partial charge in [0.05, 0.1) is 25.5 Å². The number of ether oxygens (including phenoxy) is 3. The highest BCUT2D eigenvalue weighted by molar-refractivity contribution is 5.91. The minimum absolute atomic E-state index is 0.0670. The predicted octanol–water partition coefficient (Wildman–Crippen LogP) is 2.27. The molecule has 0 saturated heterocycles. The molecule has 1 N–H and O–H groups in total. The molecule has 22 heavy (non-hydrogen) atoms. The summed E-state index contributed by atoms with van der Waals surface area (Å²) < 4.78 is 15.9. The van der Waals surface area contributed by atoms with Crippen LogP contribution in [0, 0.1) is 0 Å². The molecule has 0 amide bonds. The van der Waals surface area contributed by atoms with E-state index in [0.717, 1.165) is 6.42 Å². The molecule has 1 aromatic heterocycles. The lowest BCUT2D eigenvalue weighted by molar-refractivity contribution is 0.0501. The Bertz CT molecular complexity index is 639. The van der Waals surface area contributed by atoms with Crippen LogP contribution in [0.5, 0.6) is 11.6 Å². The van der Waals surface area contributed by atoms with Crippen LogP contribution in [0.25, 0.3) is 0 Å². The quantitative estimate of drug-likeness (QED) is 0.624. The third-order valence-electron chi connectivity index (χ3n) is 2.93. The second-order valence-electron chi connectivity index (χ2n) is 4.49. The number of esters is 1. The first-order valence-corrected chi connectivity index (χ1v) is 6.86. The third kappa shape index (κ3) is 3.69. The molecule has 0 atom stereocenters. The van der Waals surface area contributed by atoms with E-state index in [-0.39, 0.29) is 12.5 Å². The minimum atomic E-state index is -0.424. The number of methoxy groups -OCH3 is 1. The third-order valence-corrected chi connectivity index (χ3v) is 2.93. The van der Waals surface area contributed by atoms with E-state index in [1.54, 1.807) is 18.2 Å². The van der Waals surface area contributed by atoms with Crippen molar-refractivity contribution in [3.63, 3.8) is 0 Å². The Balaban J connectivity index is 2.20. The number of hydrogen-bond donors (Lipinski definition) is 1. The first-order valence-electron chi connectivity index (χ1n) is 6.86. The summed E-state index contributed by atoms with van der Waals surface area (Å²) in [6, 6.07) is 6.61. The van der Waals surface area contributed by atoms with Crippen LogP contribution in [0.3, 0.4) is 0 Å². The maximum atomic E-state index is 12.1. The number of carbonyl (C=O) groups excluding carboxylic acids is 1. The molecule has 7 heteroatoms. The molecule has 0 aliphatic heterocycles. The fourth-order valence-electron chi connectivity index (χ4n) is 1.89. The van der Waals surface area contributed by atoms with Crippen molar-refractivity contribution in [1.82, 2.24) is 9.94 Å². The van der Waals surface area contributed by atoms with Crippen molar-refractivity contribution < 1.29 is 24.2 Å². The van der Waals surface area contributed by atoms with Gasteiger partial charge >= 0.3 is 5.97 Å². The molecule has 0 radical (unpaired) electrons. The molecule has 0 unspecified atom stereocenters. The van der Waals surface area contributed by atoms with Gasteiger partial charge in [-0.05, 0) is 18.6 Å². The van der Waals surface area contributed by atoms with Gasteiger partial charge in [0.2, 0.25) is 5.88 Å². The van der Waals surface area contributed by atoms with Crippen molar-refractivity contribution >= 4 is 5.97 Å². The lowest BCUT2D eigenvalue weighted by Gasteiger charge is -2.13. The summed E-state index contributed by atoms with van der Waals surface area (Å²) in [5.74, 6) is 0.336. The fourth-order valence-corrected chi connectivity index (χ4v) is 1.89. The number of benzene rings is 1. The van der Waals surface area contributed by atoms with Crippen LogP contribution < -0.4 is 9.47 Å². The van der Waals surface area contributed by atoms with Gasteiger partial charge < -0.3 is 19.4 Å². The van der Waals surface area contributed by atoms with Crippen LogP contribution >= 0.6 is 0 Å². The maximum Gasteiger partial charge on any atom is 0.338 e. The van der Waals surface area contributed by atoms with E-state index in [1.165, 1.54) is 19.4 Å². The molecule has 0 bridgehead atoms. The Morgan fingerprint density at radius 2 is 2.18 bits per heavy atom. The Kier molecular flexibility index (Phi) is 5.24. The molecule has 0 aliphatic carbocycles. The molecule has 2 rings (SSSR count). The summed E-state index contributed by atoms with van der Waals surface area (Å²) >= 11 is 0. The summed E-state index contributed by atoms with van der Waals surface area (Å²) in [6.45, 7) is 2.34. The normalized spacial score (nSPS) is 10.3. The van der Waals surface area contributed by atoms with Crippen LogP contribution in [0.2, 0.25) is 0 Å². The molecule has 2 aromatic rings. The zero-order valence-electron chi connectivity index (χ0n) is 12.5. The Hall–Kier alpha value is -2.70. The zero-order chi connectivity index (χ0) is 15.9. The van der Waals surface area contributed by atoms with Crippen molar-refractivity contribution in [3.8, 4) is 11.6 Å². The van der Waals surface area contributed by atoms with Gasteiger partial charge in [-0.1, -0.05) is 18.1 Å². The van der Waals surface area contributed by atoms with Gasteiger partial charge in [0.15, 0.2) is 0 Å². The van der Waals surface area contributed by atoms with Crippen LogP contribution in [-0.2, 0) is 11.3 Å². The summed E-state index contributed by atoms with van der Waals surface area (Å²) in [5, 5.41) is 12.8. The first kappa shape index (κ1) is 15.7. The van der Waals surface area contributed by atoms with Crippen molar-refractivity contribution in [1.29, 1.82) is 0 Å². The fraction of sp³-hybridized carbons (Fsp3) is 0.333. The highest BCUT2D eigenvalue weighted by atomic mass is 16.5. The number of aromatic nitrogens is 2. The van der Waals surface area contributed by atoms with E-state index in [9.17, 15) is 4.79 Å². The van der Waals surface area contributed by atoms with Gasteiger partial charge in [0.25, 0.3) is 0 Å². The molecule has 0 fully saturated rings. The number of nitrogens with zero attached hydrogens (tertiary/aromatic N) is 2. The van der Waals surface area contributed by atoms with Gasteiger partial charge in [0, 0.05) is 11.6 Å². The summed E-state index contributed by atoms with van der Waals surface area (Å²) in [4.78, 5) is 12.8. The lowest BCUT2D eigenvalue weighted by Crippen LogP contribution is -2.12. The van der Waals surface area contributed by atoms with E-state index in [4.69, 9.17) is 19.4 Å². The van der Waals surface area contributed by atoms with E-state index < -0.39 is 5.97 Å². The van der Waals surface area contributed by atoms with Gasteiger partial charge in [0.1, 0.15) is 12.4 Å². The Morgan fingerprint density at radius 3 is 2.82 bits per heavy atom. The highest BCUT2D eigenvalue weighted by Crippen LogP contribution is 2.24. The molecule has 118 valence electrons. The van der Waals surface area contributed by atoms with Gasteiger partial charge in [-0.3, -0.25) is 0 Å². The number of rotatable bonds is 7. The molecule has 0 saturated carbocycles. The zero-order valence-corrected chi connectivity index (χ0v) is 12.5. The lowest BCUT2D eigenvalue weighted by atomic mass is 10.1. The van der Waals surface area contributed by atoms with E-state index in [1.807, 2.05) is 6.92 Å². The topological polar surface area (TPSA) is 82.8 Å². The number of hydrogen-bond acceptors (Lipinski definition) is 6. The maximum absolute atomic E-state index is 12.1. The van der Waals surface area contributed by atoms with Crippen molar-refractivity contribution in [2.75, 3.05) is 13.7 Å². The molecular formula is C15H18N2O5. The Labute approximate surface area is 128 Å². The number of carbonyl (C=O) groups is 1. The second kappa shape index (κ2) is 7.35. The van der Waals surface area contributed by atoms with Crippen molar-refractivity contribution in [2.45, 2.75) is 20.0 Å². The average Bonchev–Trinajstić information content (AvgIpc) is 2.95. The summed E-state index contributed by atoms with van der Waals surface area (Å²) in [7, 11) is 1.52. The molecule has 1 heterocycles. The molecule has 1 aromatic carbocycles. The largest absolute Gasteiger partial charge is 0.496 e. The minimum Gasteiger partial charge on any atom is -0.496 e. The first-order chi connectivity index (χ1) is 10.7. The van der Waals surface area contributed by atoms with Gasteiger partial charge in [-0.15, -0.1) is 4.85 Å². The van der Waals surface area contributed by atoms with Crippen LogP contribution in [-0.4, -0.2) is 34.8 Å². The van der Waals surface area contributed by atoms with Crippen LogP contribution in [0.4, 0.5) is 0 Å². The SMILES string of the molecule is CCCOC(=O)c1cccc(OC)c1COc1ccn(O)n1. The molecule has 0 aliphatic rings. The van der Waals surface area contributed by atoms with Crippen molar-refractivity contribution in [3.05, 3.63) is 41.6 Å². The second-order valence-corrected chi connectivity index (χ2v) is 4.49. The standard InChI is InChI=1S/C15H18N2O5/c1-3-9-21-15(18)11-5-4-6-13(20-2)12(11)10-22-14-7-8-17(19)16-14/h4-8,19H,3,9-10H2,1-2H3. The monoisotopic (exact) mass is 306 g/mol. The van der Waals surface area contributed by atoms with E-state index in [0.29, 0.717) is 28.3 Å². The average molecular weight is 306 g/mol. The molecule has 7 nitrogen and oxygen atoms in total. The Morgan fingerprint density at radius 1 is 1.36 bits per heavy atom. The van der Waals surface area contributed by atoms with Crippen molar-refractivity contribution in [2.24, 2.45) is 0 Å². The van der Waals surface area contributed by atoms with Crippen LogP contribution in [0.15, 0.2) is 30.5 Å². The van der Waals surface area contributed by atoms with Gasteiger partial charge in [-0.25, -0.2) is 4.79 Å².